The summed E-state index contributed by atoms with van der Waals surface area (Å²) in [5, 5.41) is 8.90. The third-order valence-corrected chi connectivity index (χ3v) is 3.76. The second-order valence-corrected chi connectivity index (χ2v) is 5.33. The van der Waals surface area contributed by atoms with Crippen LogP contribution >= 0.6 is 0 Å². The van der Waals surface area contributed by atoms with Gasteiger partial charge in [-0.05, 0) is 31.2 Å². The normalized spacial score (nSPS) is 18.2. The molecule has 0 amide bonds. The SMILES string of the molecule is NC(CCO)c1cccc(OCC2CCCCC2)n1. The van der Waals surface area contributed by atoms with Crippen LogP contribution in [0.15, 0.2) is 18.2 Å². The molecule has 1 aliphatic carbocycles. The van der Waals surface area contributed by atoms with Crippen molar-refractivity contribution in [2.75, 3.05) is 13.2 Å². The molecular formula is C15H24N2O2. The van der Waals surface area contributed by atoms with Crippen molar-refractivity contribution < 1.29 is 9.84 Å². The minimum absolute atomic E-state index is 0.0794. The summed E-state index contributed by atoms with van der Waals surface area (Å²) in [6.45, 7) is 0.835. The molecule has 1 atom stereocenters. The van der Waals surface area contributed by atoms with Gasteiger partial charge in [0.1, 0.15) is 0 Å². The topological polar surface area (TPSA) is 68.4 Å². The van der Waals surface area contributed by atoms with Crippen molar-refractivity contribution in [2.24, 2.45) is 11.7 Å². The molecule has 2 rings (SSSR count). The fourth-order valence-corrected chi connectivity index (χ4v) is 2.56. The Labute approximate surface area is 115 Å². The molecule has 0 bridgehead atoms. The van der Waals surface area contributed by atoms with Crippen LogP contribution in [0.2, 0.25) is 0 Å². The lowest BCUT2D eigenvalue weighted by Gasteiger charge is -2.21. The number of nitrogens with zero attached hydrogens (tertiary/aromatic N) is 1. The number of aliphatic hydroxyl groups excluding tert-OH is 1. The van der Waals surface area contributed by atoms with Crippen LogP contribution in [0.3, 0.4) is 0 Å². The van der Waals surface area contributed by atoms with Crippen molar-refractivity contribution in [2.45, 2.75) is 44.6 Å². The van der Waals surface area contributed by atoms with Gasteiger partial charge in [-0.2, -0.15) is 0 Å². The van der Waals surface area contributed by atoms with Gasteiger partial charge in [-0.1, -0.05) is 25.3 Å². The summed E-state index contributed by atoms with van der Waals surface area (Å²) in [6.07, 6.45) is 7.07. The average Bonchev–Trinajstić information content (AvgIpc) is 2.47. The first-order chi connectivity index (χ1) is 9.29. The third kappa shape index (κ3) is 4.48. The van der Waals surface area contributed by atoms with Gasteiger partial charge in [0.05, 0.1) is 12.3 Å². The van der Waals surface area contributed by atoms with E-state index in [1.165, 1.54) is 32.1 Å². The van der Waals surface area contributed by atoms with E-state index in [9.17, 15) is 0 Å². The van der Waals surface area contributed by atoms with Crippen LogP contribution in [-0.2, 0) is 0 Å². The molecule has 0 aliphatic heterocycles. The largest absolute Gasteiger partial charge is 0.477 e. The summed E-state index contributed by atoms with van der Waals surface area (Å²) >= 11 is 0. The Morgan fingerprint density at radius 1 is 1.32 bits per heavy atom. The lowest BCUT2D eigenvalue weighted by Crippen LogP contribution is -2.17. The Bertz CT molecular complexity index is 378. The highest BCUT2D eigenvalue weighted by Crippen LogP contribution is 2.24. The number of hydrogen-bond donors (Lipinski definition) is 2. The smallest absolute Gasteiger partial charge is 0.213 e. The molecule has 1 heterocycles. The Morgan fingerprint density at radius 2 is 2.11 bits per heavy atom. The molecule has 0 spiro atoms. The van der Waals surface area contributed by atoms with E-state index < -0.39 is 0 Å². The highest BCUT2D eigenvalue weighted by atomic mass is 16.5. The number of nitrogens with two attached hydrogens (primary N) is 1. The molecule has 1 fully saturated rings. The molecule has 3 N–H and O–H groups in total. The zero-order valence-corrected chi connectivity index (χ0v) is 11.4. The van der Waals surface area contributed by atoms with Gasteiger partial charge in [-0.3, -0.25) is 0 Å². The molecule has 0 radical (unpaired) electrons. The molecule has 4 heteroatoms. The van der Waals surface area contributed by atoms with E-state index in [2.05, 4.69) is 4.98 Å². The minimum atomic E-state index is -0.219. The third-order valence-electron chi connectivity index (χ3n) is 3.76. The molecule has 19 heavy (non-hydrogen) atoms. The van der Waals surface area contributed by atoms with Crippen LogP contribution < -0.4 is 10.5 Å². The summed E-state index contributed by atoms with van der Waals surface area (Å²) in [4.78, 5) is 4.42. The number of aromatic nitrogens is 1. The van der Waals surface area contributed by atoms with E-state index in [0.717, 1.165) is 12.3 Å². The monoisotopic (exact) mass is 264 g/mol. The summed E-state index contributed by atoms with van der Waals surface area (Å²) < 4.78 is 5.79. The van der Waals surface area contributed by atoms with Crippen LogP contribution in [-0.4, -0.2) is 23.3 Å². The maximum Gasteiger partial charge on any atom is 0.213 e. The zero-order valence-electron chi connectivity index (χ0n) is 11.4. The van der Waals surface area contributed by atoms with E-state index in [1.54, 1.807) is 0 Å². The summed E-state index contributed by atoms with van der Waals surface area (Å²) in [7, 11) is 0. The van der Waals surface area contributed by atoms with Crippen molar-refractivity contribution >= 4 is 0 Å². The molecule has 1 aromatic heterocycles. The van der Waals surface area contributed by atoms with Gasteiger partial charge in [-0.25, -0.2) is 4.98 Å². The van der Waals surface area contributed by atoms with Crippen molar-refractivity contribution in [3.05, 3.63) is 23.9 Å². The summed E-state index contributed by atoms with van der Waals surface area (Å²) in [6, 6.07) is 5.45. The average molecular weight is 264 g/mol. The molecule has 0 aromatic carbocycles. The number of ether oxygens (including phenoxy) is 1. The first-order valence-electron chi connectivity index (χ1n) is 7.26. The van der Waals surface area contributed by atoms with Gasteiger partial charge >= 0.3 is 0 Å². The first-order valence-corrected chi connectivity index (χ1v) is 7.26. The fraction of sp³-hybridized carbons (Fsp3) is 0.667. The van der Waals surface area contributed by atoms with Crippen LogP contribution in [0.25, 0.3) is 0 Å². The highest BCUT2D eigenvalue weighted by Gasteiger charge is 2.14. The molecule has 1 saturated carbocycles. The Kier molecular flexibility index (Phi) is 5.61. The van der Waals surface area contributed by atoms with Gasteiger partial charge in [0.2, 0.25) is 5.88 Å². The molecule has 0 saturated heterocycles. The molecule has 106 valence electrons. The van der Waals surface area contributed by atoms with Crippen molar-refractivity contribution in [3.63, 3.8) is 0 Å². The van der Waals surface area contributed by atoms with Crippen molar-refractivity contribution in [3.8, 4) is 5.88 Å². The molecular weight excluding hydrogens is 240 g/mol. The quantitative estimate of drug-likeness (QED) is 0.828. The van der Waals surface area contributed by atoms with E-state index in [-0.39, 0.29) is 12.6 Å². The standard InChI is InChI=1S/C15H24N2O2/c16-13(9-10-18)14-7-4-8-15(17-14)19-11-12-5-2-1-3-6-12/h4,7-8,12-13,18H,1-3,5-6,9-11,16H2. The number of rotatable bonds is 6. The van der Waals surface area contributed by atoms with Gasteiger partial charge in [0.25, 0.3) is 0 Å². The minimum Gasteiger partial charge on any atom is -0.477 e. The predicted octanol–water partition coefficient (Wildman–Crippen LogP) is 2.42. The first kappa shape index (κ1) is 14.3. The van der Waals surface area contributed by atoms with E-state index in [1.807, 2.05) is 18.2 Å². The summed E-state index contributed by atoms with van der Waals surface area (Å²) in [5.74, 6) is 1.32. The van der Waals surface area contributed by atoms with Crippen LogP contribution in [0.1, 0.15) is 50.3 Å². The Hall–Kier alpha value is -1.13. The number of pyridine rings is 1. The van der Waals surface area contributed by atoms with Crippen LogP contribution in [0.4, 0.5) is 0 Å². The maximum absolute atomic E-state index is 8.90. The zero-order chi connectivity index (χ0) is 13.5. The van der Waals surface area contributed by atoms with Crippen molar-refractivity contribution in [1.82, 2.24) is 4.98 Å². The van der Waals surface area contributed by atoms with E-state index in [0.29, 0.717) is 18.2 Å². The van der Waals surface area contributed by atoms with Gasteiger partial charge in [0.15, 0.2) is 0 Å². The Morgan fingerprint density at radius 3 is 2.84 bits per heavy atom. The Balaban J connectivity index is 1.87. The second-order valence-electron chi connectivity index (χ2n) is 5.33. The lowest BCUT2D eigenvalue weighted by atomic mass is 9.90. The van der Waals surface area contributed by atoms with E-state index >= 15 is 0 Å². The fourth-order valence-electron chi connectivity index (χ4n) is 2.56. The van der Waals surface area contributed by atoms with Gasteiger partial charge in [0, 0.05) is 18.7 Å². The predicted molar refractivity (Wildman–Crippen MR) is 74.9 cm³/mol. The van der Waals surface area contributed by atoms with Crippen LogP contribution in [0.5, 0.6) is 5.88 Å². The molecule has 1 aromatic rings. The van der Waals surface area contributed by atoms with E-state index in [4.69, 9.17) is 15.6 Å². The summed E-state index contributed by atoms with van der Waals surface area (Å²) in [5.41, 5.74) is 6.72. The maximum atomic E-state index is 8.90. The lowest BCUT2D eigenvalue weighted by molar-refractivity contribution is 0.202. The van der Waals surface area contributed by atoms with Crippen molar-refractivity contribution in [1.29, 1.82) is 0 Å². The van der Waals surface area contributed by atoms with Gasteiger partial charge < -0.3 is 15.6 Å². The highest BCUT2D eigenvalue weighted by molar-refractivity contribution is 5.18. The molecule has 4 nitrogen and oxygen atoms in total. The van der Waals surface area contributed by atoms with Gasteiger partial charge in [-0.15, -0.1) is 0 Å². The number of aliphatic hydroxyl groups is 1. The molecule has 1 unspecified atom stereocenters. The molecule has 1 aliphatic rings. The number of hydrogen-bond acceptors (Lipinski definition) is 4. The second kappa shape index (κ2) is 7.46. The van der Waals surface area contributed by atoms with Crippen LogP contribution in [0, 0.1) is 5.92 Å².